The zero-order valence-corrected chi connectivity index (χ0v) is 40.3. The Morgan fingerprint density at radius 1 is 0.452 bits per heavy atom. The highest BCUT2D eigenvalue weighted by Crippen LogP contribution is 2.48. The maximum absolute atomic E-state index is 15.7. The quantitative estimate of drug-likeness (QED) is 0.0551. The first-order chi connectivity index (χ1) is 35.9. The molecule has 0 aliphatic heterocycles. The molecule has 8 aromatic rings. The lowest BCUT2D eigenvalue weighted by Crippen LogP contribution is -2.30. The van der Waals surface area contributed by atoms with E-state index in [1.165, 1.54) is 0 Å². The molecule has 10 heteroatoms. The van der Waals surface area contributed by atoms with Gasteiger partial charge in [-0.2, -0.15) is 0 Å². The van der Waals surface area contributed by atoms with Gasteiger partial charge in [-0.25, -0.2) is 9.59 Å². The minimum absolute atomic E-state index is 0.00188. The minimum Gasteiger partial charge on any atom is -0.489 e. The molecule has 0 spiro atoms. The van der Waals surface area contributed by atoms with Crippen LogP contribution in [0.2, 0.25) is 0 Å². The van der Waals surface area contributed by atoms with Crippen molar-refractivity contribution in [2.45, 2.75) is 64.4 Å². The van der Waals surface area contributed by atoms with Gasteiger partial charge in [-0.05, 0) is 102 Å². The predicted octanol–water partition coefficient (Wildman–Crippen LogP) is 13.0. The first-order valence-electron chi connectivity index (χ1n) is 24.7. The van der Waals surface area contributed by atoms with Crippen molar-refractivity contribution in [3.05, 3.63) is 256 Å². The van der Waals surface area contributed by atoms with E-state index in [0.717, 1.165) is 58.5 Å². The summed E-state index contributed by atoms with van der Waals surface area (Å²) in [6.45, 7) is 0.678. The normalized spacial score (nSPS) is 16.5. The van der Waals surface area contributed by atoms with Crippen molar-refractivity contribution in [3.63, 3.8) is 0 Å². The number of nitrogens with one attached hydrogen (secondary N) is 1. The van der Waals surface area contributed by atoms with Crippen LogP contribution in [-0.4, -0.2) is 29.9 Å². The molecule has 8 aromatic carbocycles. The molecular weight excluding hydrogens is 915 g/mol. The summed E-state index contributed by atoms with van der Waals surface area (Å²) in [5.74, 6) is -0.594. The molecular formula is C63H55NO9. The van der Waals surface area contributed by atoms with Crippen LogP contribution in [0.15, 0.2) is 206 Å². The van der Waals surface area contributed by atoms with Crippen LogP contribution in [0.3, 0.4) is 0 Å². The number of carbonyl (C=O) groups is 3. The lowest BCUT2D eigenvalue weighted by Gasteiger charge is -2.24. The Morgan fingerprint density at radius 2 is 0.932 bits per heavy atom. The fourth-order valence-electron chi connectivity index (χ4n) is 9.76. The summed E-state index contributed by atoms with van der Waals surface area (Å²) < 4.78 is 38.0. The highest BCUT2D eigenvalue weighted by Gasteiger charge is 2.50. The number of hydrogen-bond donors (Lipinski definition) is 1. The lowest BCUT2D eigenvalue weighted by atomic mass is 9.94. The SMILES string of the molecule is O=C(OC1C2CCC1C(Nc1ccc(OCc3ccccc3)cc1)C2)c1cc(OCc2ccccc2)c(C(=O)c2c(OCc3ccccc3)cccc2C(=O)OCc2ccccc2)c(OCc2ccccc2)c1. The number of benzene rings is 8. The summed E-state index contributed by atoms with van der Waals surface area (Å²) in [5, 5.41) is 3.72. The molecule has 0 radical (unpaired) electrons. The number of esters is 2. The van der Waals surface area contributed by atoms with Crippen molar-refractivity contribution >= 4 is 23.4 Å². The number of ether oxygens (including phenoxy) is 6. The van der Waals surface area contributed by atoms with Gasteiger partial charge in [-0.3, -0.25) is 4.79 Å². The van der Waals surface area contributed by atoms with Crippen molar-refractivity contribution in [3.8, 4) is 23.0 Å². The van der Waals surface area contributed by atoms with Gasteiger partial charge in [0, 0.05) is 17.6 Å². The van der Waals surface area contributed by atoms with E-state index in [-0.39, 0.29) is 89.9 Å². The Kier molecular flexibility index (Phi) is 15.2. The van der Waals surface area contributed by atoms with Crippen LogP contribution in [-0.2, 0) is 42.5 Å². The Morgan fingerprint density at radius 3 is 1.45 bits per heavy atom. The lowest BCUT2D eigenvalue weighted by molar-refractivity contribution is 0.0182. The fourth-order valence-corrected chi connectivity index (χ4v) is 9.76. The third-order valence-electron chi connectivity index (χ3n) is 13.5. The minimum atomic E-state index is -0.722. The van der Waals surface area contributed by atoms with E-state index in [1.54, 1.807) is 30.3 Å². The van der Waals surface area contributed by atoms with Gasteiger partial charge in [0.15, 0.2) is 0 Å². The molecule has 366 valence electrons. The van der Waals surface area contributed by atoms with Crippen molar-refractivity contribution < 1.29 is 42.8 Å². The summed E-state index contributed by atoms with van der Waals surface area (Å²) in [6, 6.07) is 64.0. The number of rotatable bonds is 21. The third-order valence-corrected chi connectivity index (χ3v) is 13.5. The average Bonchev–Trinajstić information content (AvgIpc) is 3.98. The maximum Gasteiger partial charge on any atom is 0.339 e. The Labute approximate surface area is 425 Å². The van der Waals surface area contributed by atoms with Gasteiger partial charge < -0.3 is 33.7 Å². The van der Waals surface area contributed by atoms with Gasteiger partial charge in [-0.15, -0.1) is 0 Å². The highest BCUT2D eigenvalue weighted by atomic mass is 16.5. The van der Waals surface area contributed by atoms with Crippen LogP contribution in [0.4, 0.5) is 5.69 Å². The predicted molar refractivity (Wildman–Crippen MR) is 279 cm³/mol. The molecule has 2 aliphatic rings. The molecule has 2 saturated carbocycles. The topological polar surface area (TPSA) is 119 Å². The maximum atomic E-state index is 15.7. The molecule has 0 heterocycles. The second-order valence-electron chi connectivity index (χ2n) is 18.4. The first-order valence-corrected chi connectivity index (χ1v) is 24.7. The van der Waals surface area contributed by atoms with Crippen LogP contribution in [0.25, 0.3) is 0 Å². The number of hydrogen-bond acceptors (Lipinski definition) is 10. The summed E-state index contributed by atoms with van der Waals surface area (Å²) >= 11 is 0. The Bertz CT molecular complexity index is 3050. The van der Waals surface area contributed by atoms with Crippen LogP contribution in [0, 0.1) is 11.8 Å². The zero-order valence-electron chi connectivity index (χ0n) is 40.3. The zero-order chi connectivity index (χ0) is 49.8. The van der Waals surface area contributed by atoms with Gasteiger partial charge in [0.1, 0.15) is 67.7 Å². The molecule has 4 unspecified atom stereocenters. The van der Waals surface area contributed by atoms with E-state index in [0.29, 0.717) is 6.61 Å². The fraction of sp³-hybridized carbons (Fsp3) is 0.190. The number of fused-ring (bicyclic) bond motifs is 2. The van der Waals surface area contributed by atoms with Gasteiger partial charge in [0.05, 0.1) is 16.7 Å². The van der Waals surface area contributed by atoms with Crippen molar-refractivity contribution in [1.82, 2.24) is 0 Å². The van der Waals surface area contributed by atoms with Crippen LogP contribution in [0.1, 0.15) is 83.7 Å². The molecule has 0 saturated heterocycles. The van der Waals surface area contributed by atoms with Gasteiger partial charge >= 0.3 is 11.9 Å². The van der Waals surface area contributed by atoms with Crippen LogP contribution in [0.5, 0.6) is 23.0 Å². The van der Waals surface area contributed by atoms with E-state index in [9.17, 15) is 9.59 Å². The molecule has 10 rings (SSSR count). The van der Waals surface area contributed by atoms with E-state index in [1.807, 2.05) is 176 Å². The van der Waals surface area contributed by atoms with Crippen molar-refractivity contribution in [2.24, 2.45) is 11.8 Å². The number of anilines is 1. The first kappa shape index (κ1) is 48.0. The molecule has 0 amide bonds. The van der Waals surface area contributed by atoms with Crippen molar-refractivity contribution in [1.29, 1.82) is 0 Å². The molecule has 2 bridgehead atoms. The largest absolute Gasteiger partial charge is 0.489 e. The summed E-state index contributed by atoms with van der Waals surface area (Å²) in [4.78, 5) is 44.6. The van der Waals surface area contributed by atoms with E-state index >= 15 is 4.79 Å². The van der Waals surface area contributed by atoms with E-state index < -0.39 is 17.7 Å². The summed E-state index contributed by atoms with van der Waals surface area (Å²) in [6.07, 6.45) is 2.37. The Balaban J connectivity index is 0.969. The second kappa shape index (κ2) is 23.1. The molecule has 10 nitrogen and oxygen atoms in total. The molecule has 0 aromatic heterocycles. The van der Waals surface area contributed by atoms with Crippen molar-refractivity contribution in [2.75, 3.05) is 5.32 Å². The smallest absolute Gasteiger partial charge is 0.339 e. The Hall–Kier alpha value is -8.63. The number of ketones is 1. The molecule has 2 aliphatic carbocycles. The summed E-state index contributed by atoms with van der Waals surface area (Å²) in [7, 11) is 0. The highest BCUT2D eigenvalue weighted by molar-refractivity contribution is 6.19. The average molecular weight is 970 g/mol. The third kappa shape index (κ3) is 11.9. The van der Waals surface area contributed by atoms with Gasteiger partial charge in [0.2, 0.25) is 5.78 Å². The second-order valence-corrected chi connectivity index (χ2v) is 18.4. The van der Waals surface area contributed by atoms with Crippen LogP contribution >= 0.6 is 0 Å². The van der Waals surface area contributed by atoms with E-state index in [4.69, 9.17) is 28.4 Å². The monoisotopic (exact) mass is 969 g/mol. The van der Waals surface area contributed by atoms with Crippen LogP contribution < -0.4 is 24.3 Å². The van der Waals surface area contributed by atoms with Gasteiger partial charge in [-0.1, -0.05) is 158 Å². The molecule has 4 atom stereocenters. The summed E-state index contributed by atoms with van der Waals surface area (Å²) in [5.41, 5.74) is 5.46. The molecule has 73 heavy (non-hydrogen) atoms. The van der Waals surface area contributed by atoms with E-state index in [2.05, 4.69) is 5.32 Å². The molecule has 2 fully saturated rings. The van der Waals surface area contributed by atoms with Gasteiger partial charge in [0.25, 0.3) is 0 Å². The number of carbonyl (C=O) groups excluding carboxylic acids is 3. The standard InChI is InChI=1S/C63H55NO9/c65-60(58-53(63(67)72-42-47-25-14-5-15-26-47)27-16-28-55(58)69-39-44-19-8-2-9-20-44)59-56(70-40-45-21-10-3-11-22-45)36-49(37-57(59)71-41-46-23-12-4-13-24-46)62(66)73-61-48-29-34-52(61)54(35-48)64-50-30-32-51(33-31-50)68-38-43-17-6-1-7-18-43/h1-28,30-33,36-37,48,52,54,61,64H,29,34-35,38-42H2. The molecule has 1 N–H and O–H groups in total.